The number of hydrogen-bond donors (Lipinski definition) is 2. The fourth-order valence-electron chi connectivity index (χ4n) is 1.72. The second-order valence-corrected chi connectivity index (χ2v) is 4.10. The smallest absolute Gasteiger partial charge is 0.342 e. The van der Waals surface area contributed by atoms with Gasteiger partial charge in [-0.1, -0.05) is 0 Å². The Morgan fingerprint density at radius 1 is 1.55 bits per heavy atom. The quantitative estimate of drug-likeness (QED) is 0.634. The van der Waals surface area contributed by atoms with Crippen LogP contribution in [0.25, 0.3) is 0 Å². The normalized spacial score (nSPS) is 10.2. The topological polar surface area (TPSA) is 110 Å². The summed E-state index contributed by atoms with van der Waals surface area (Å²) in [5.74, 6) is -0.572. The van der Waals surface area contributed by atoms with Crippen LogP contribution < -0.4 is 5.32 Å². The summed E-state index contributed by atoms with van der Waals surface area (Å²) < 4.78 is 1.82. The van der Waals surface area contributed by atoms with Crippen molar-refractivity contribution in [3.63, 3.8) is 0 Å². The predicted octanol–water partition coefficient (Wildman–Crippen LogP) is 1.64. The Balaban J connectivity index is 2.21. The van der Waals surface area contributed by atoms with Crippen molar-refractivity contribution >= 4 is 17.3 Å². The summed E-state index contributed by atoms with van der Waals surface area (Å²) >= 11 is 0. The van der Waals surface area contributed by atoms with Crippen molar-refractivity contribution in [2.45, 2.75) is 6.54 Å². The summed E-state index contributed by atoms with van der Waals surface area (Å²) in [7, 11) is 1.84. The van der Waals surface area contributed by atoms with Crippen molar-refractivity contribution in [3.05, 3.63) is 52.1 Å². The lowest BCUT2D eigenvalue weighted by molar-refractivity contribution is -0.385. The minimum Gasteiger partial charge on any atom is -0.477 e. The average molecular weight is 276 g/mol. The number of carbonyl (C=O) groups is 1. The highest BCUT2D eigenvalue weighted by molar-refractivity contribution is 5.93. The highest BCUT2D eigenvalue weighted by atomic mass is 16.6. The average Bonchev–Trinajstić information content (AvgIpc) is 2.81. The zero-order valence-corrected chi connectivity index (χ0v) is 10.6. The molecule has 2 aromatic rings. The molecule has 0 aliphatic rings. The van der Waals surface area contributed by atoms with Gasteiger partial charge in [0.2, 0.25) is 0 Å². The minimum atomic E-state index is -1.34. The van der Waals surface area contributed by atoms with Crippen molar-refractivity contribution in [2.75, 3.05) is 5.32 Å². The molecule has 0 amide bonds. The van der Waals surface area contributed by atoms with E-state index >= 15 is 0 Å². The molecule has 0 aliphatic carbocycles. The molecule has 8 heteroatoms. The molecule has 1 aromatic heterocycles. The third-order valence-corrected chi connectivity index (χ3v) is 2.80. The second kappa shape index (κ2) is 5.39. The number of carboxylic acid groups (broad SMARTS) is 1. The maximum atomic E-state index is 11.0. The van der Waals surface area contributed by atoms with Gasteiger partial charge in [-0.2, -0.15) is 0 Å². The van der Waals surface area contributed by atoms with Crippen LogP contribution in [0.3, 0.4) is 0 Å². The molecule has 0 saturated carbocycles. The predicted molar refractivity (Wildman–Crippen MR) is 70.6 cm³/mol. The van der Waals surface area contributed by atoms with Crippen molar-refractivity contribution in [3.8, 4) is 0 Å². The lowest BCUT2D eigenvalue weighted by atomic mass is 10.1. The van der Waals surface area contributed by atoms with Gasteiger partial charge in [-0.3, -0.25) is 10.1 Å². The first-order valence-electron chi connectivity index (χ1n) is 5.71. The van der Waals surface area contributed by atoms with E-state index in [1.807, 2.05) is 11.6 Å². The Bertz CT molecular complexity index is 665. The van der Waals surface area contributed by atoms with Crippen LogP contribution in [-0.4, -0.2) is 25.6 Å². The number of hydrogen-bond acceptors (Lipinski definition) is 5. The number of imidazole rings is 1. The highest BCUT2D eigenvalue weighted by Gasteiger charge is 2.19. The highest BCUT2D eigenvalue weighted by Crippen LogP contribution is 2.23. The maximum Gasteiger partial charge on any atom is 0.342 e. The molecule has 1 heterocycles. The molecule has 104 valence electrons. The van der Waals surface area contributed by atoms with Crippen LogP contribution in [0.4, 0.5) is 11.4 Å². The van der Waals surface area contributed by atoms with Crippen LogP contribution in [0.1, 0.15) is 16.2 Å². The van der Waals surface area contributed by atoms with Gasteiger partial charge in [-0.15, -0.1) is 0 Å². The number of rotatable bonds is 5. The SMILES string of the molecule is Cn1ccnc1CNc1ccc([N+](=O)[O-])c(C(=O)O)c1. The van der Waals surface area contributed by atoms with E-state index in [1.54, 1.807) is 12.4 Å². The van der Waals surface area contributed by atoms with Crippen LogP contribution in [0.15, 0.2) is 30.6 Å². The summed E-state index contributed by atoms with van der Waals surface area (Å²) in [6.07, 6.45) is 3.44. The van der Waals surface area contributed by atoms with Gasteiger partial charge < -0.3 is 15.0 Å². The van der Waals surface area contributed by atoms with Gasteiger partial charge in [-0.25, -0.2) is 9.78 Å². The Labute approximate surface area is 113 Å². The summed E-state index contributed by atoms with van der Waals surface area (Å²) in [4.78, 5) is 25.1. The van der Waals surface area contributed by atoms with E-state index in [0.717, 1.165) is 5.82 Å². The number of aromatic carboxylic acids is 1. The third kappa shape index (κ3) is 2.74. The Morgan fingerprint density at radius 2 is 2.30 bits per heavy atom. The number of aryl methyl sites for hydroxylation is 1. The molecule has 20 heavy (non-hydrogen) atoms. The molecular formula is C12H12N4O4. The van der Waals surface area contributed by atoms with E-state index in [2.05, 4.69) is 10.3 Å². The molecular weight excluding hydrogens is 264 g/mol. The minimum absolute atomic E-state index is 0.347. The van der Waals surface area contributed by atoms with Crippen LogP contribution in [0.2, 0.25) is 0 Å². The maximum absolute atomic E-state index is 11.0. The molecule has 2 rings (SSSR count). The van der Waals surface area contributed by atoms with Gasteiger partial charge >= 0.3 is 5.97 Å². The van der Waals surface area contributed by atoms with Crippen LogP contribution in [-0.2, 0) is 13.6 Å². The molecule has 0 aliphatic heterocycles. The van der Waals surface area contributed by atoms with Crippen LogP contribution in [0, 0.1) is 10.1 Å². The fourth-order valence-corrected chi connectivity index (χ4v) is 1.72. The first-order chi connectivity index (χ1) is 9.49. The van der Waals surface area contributed by atoms with E-state index in [9.17, 15) is 14.9 Å². The Morgan fingerprint density at radius 3 is 2.85 bits per heavy atom. The van der Waals surface area contributed by atoms with Crippen molar-refractivity contribution in [2.24, 2.45) is 7.05 Å². The van der Waals surface area contributed by atoms with Gasteiger partial charge in [0.05, 0.1) is 11.5 Å². The van der Waals surface area contributed by atoms with Crippen LogP contribution >= 0.6 is 0 Å². The zero-order valence-electron chi connectivity index (χ0n) is 10.6. The van der Waals surface area contributed by atoms with Gasteiger partial charge in [0.25, 0.3) is 5.69 Å². The molecule has 0 unspecified atom stereocenters. The Kier molecular flexibility index (Phi) is 3.65. The molecule has 1 aromatic carbocycles. The van der Waals surface area contributed by atoms with Crippen molar-refractivity contribution < 1.29 is 14.8 Å². The number of anilines is 1. The zero-order chi connectivity index (χ0) is 14.7. The number of nitro groups is 1. The monoisotopic (exact) mass is 276 g/mol. The Hall–Kier alpha value is -2.90. The summed E-state index contributed by atoms with van der Waals surface area (Å²) in [6.45, 7) is 0.389. The summed E-state index contributed by atoms with van der Waals surface area (Å²) in [6, 6.07) is 3.88. The number of nitrogens with zero attached hydrogens (tertiary/aromatic N) is 3. The van der Waals surface area contributed by atoms with E-state index in [0.29, 0.717) is 12.2 Å². The molecule has 0 spiro atoms. The number of aromatic nitrogens is 2. The number of benzene rings is 1. The van der Waals surface area contributed by atoms with E-state index < -0.39 is 16.6 Å². The van der Waals surface area contributed by atoms with Crippen molar-refractivity contribution in [1.82, 2.24) is 9.55 Å². The first kappa shape index (κ1) is 13.5. The van der Waals surface area contributed by atoms with Gasteiger partial charge in [0, 0.05) is 31.2 Å². The first-order valence-corrected chi connectivity index (χ1v) is 5.71. The number of carboxylic acids is 1. The van der Waals surface area contributed by atoms with Crippen LogP contribution in [0.5, 0.6) is 0 Å². The largest absolute Gasteiger partial charge is 0.477 e. The summed E-state index contributed by atoms with van der Waals surface area (Å²) in [5, 5.41) is 22.7. The molecule has 0 saturated heterocycles. The van der Waals surface area contributed by atoms with E-state index in [1.165, 1.54) is 18.2 Å². The second-order valence-electron chi connectivity index (χ2n) is 4.10. The molecule has 0 atom stereocenters. The lowest BCUT2D eigenvalue weighted by Crippen LogP contribution is -2.08. The van der Waals surface area contributed by atoms with E-state index in [4.69, 9.17) is 5.11 Å². The standard InChI is InChI=1S/C12H12N4O4/c1-15-5-4-13-11(15)7-14-8-2-3-10(16(19)20)9(6-8)12(17)18/h2-6,14H,7H2,1H3,(H,17,18). The molecule has 0 radical (unpaired) electrons. The molecule has 8 nitrogen and oxygen atoms in total. The fraction of sp³-hybridized carbons (Fsp3) is 0.167. The third-order valence-electron chi connectivity index (χ3n) is 2.80. The lowest BCUT2D eigenvalue weighted by Gasteiger charge is -2.07. The molecule has 2 N–H and O–H groups in total. The van der Waals surface area contributed by atoms with Crippen molar-refractivity contribution in [1.29, 1.82) is 0 Å². The molecule has 0 bridgehead atoms. The summed E-state index contributed by atoms with van der Waals surface area (Å²) in [5.41, 5.74) is -0.295. The van der Waals surface area contributed by atoms with Gasteiger partial charge in [0.15, 0.2) is 0 Å². The number of nitro benzene ring substituents is 1. The van der Waals surface area contributed by atoms with E-state index in [-0.39, 0.29) is 5.56 Å². The molecule has 0 fully saturated rings. The number of nitrogens with one attached hydrogen (secondary N) is 1. The van der Waals surface area contributed by atoms with Gasteiger partial charge in [-0.05, 0) is 12.1 Å². The van der Waals surface area contributed by atoms with Gasteiger partial charge in [0.1, 0.15) is 11.4 Å².